The summed E-state index contributed by atoms with van der Waals surface area (Å²) in [6.45, 7) is 4.11. The lowest BCUT2D eigenvalue weighted by molar-refractivity contribution is -0.135. The number of piperidine rings is 1. The van der Waals surface area contributed by atoms with E-state index in [1.807, 2.05) is 13.0 Å². The Kier molecular flexibility index (Phi) is 7.93. The largest absolute Gasteiger partial charge is 0.353 e. The fraction of sp³-hybridized carbons (Fsp3) is 0.405. The zero-order valence-corrected chi connectivity index (χ0v) is 31.2. The third-order valence-corrected chi connectivity index (χ3v) is 13.5. The van der Waals surface area contributed by atoms with E-state index in [1.165, 1.54) is 0 Å². The van der Waals surface area contributed by atoms with Crippen LogP contribution in [0.5, 0.6) is 0 Å². The summed E-state index contributed by atoms with van der Waals surface area (Å²) in [5, 5.41) is 25.6. The van der Waals surface area contributed by atoms with Crippen molar-refractivity contribution in [2.75, 3.05) is 24.5 Å². The molecule has 4 aliphatic heterocycles. The van der Waals surface area contributed by atoms with E-state index >= 15 is 4.39 Å². The lowest BCUT2D eigenvalue weighted by Gasteiger charge is -2.40. The van der Waals surface area contributed by atoms with Crippen molar-refractivity contribution in [3.63, 3.8) is 0 Å². The second-order valence-electron chi connectivity index (χ2n) is 15.8. The Hall–Kier alpha value is -4.74. The summed E-state index contributed by atoms with van der Waals surface area (Å²) in [5.74, 6) is 0.903. The number of pyridine rings is 2. The molecule has 11 rings (SSSR count). The average molecular weight is 760 g/mol. The van der Waals surface area contributed by atoms with Crippen LogP contribution in [0.4, 0.5) is 10.2 Å². The molecule has 7 heterocycles. The van der Waals surface area contributed by atoms with Crippen molar-refractivity contribution in [2.45, 2.75) is 69.6 Å². The lowest BCUT2D eigenvalue weighted by Crippen LogP contribution is -2.45. The summed E-state index contributed by atoms with van der Waals surface area (Å²) in [7, 11) is 0. The van der Waals surface area contributed by atoms with Crippen molar-refractivity contribution in [3.8, 4) is 23.3 Å². The first-order valence-corrected chi connectivity index (χ1v) is 19.7. The number of rotatable bonds is 7. The first-order valence-electron chi connectivity index (χ1n) is 18.9. The number of halogens is 3. The van der Waals surface area contributed by atoms with Crippen molar-refractivity contribution in [1.82, 2.24) is 24.8 Å². The van der Waals surface area contributed by atoms with Gasteiger partial charge < -0.3 is 19.7 Å². The number of carbonyl (C=O) groups is 1. The normalized spacial score (nSPS) is 25.6. The third kappa shape index (κ3) is 5.00. The van der Waals surface area contributed by atoms with Crippen LogP contribution in [-0.4, -0.2) is 57.1 Å². The number of aromatic nitrogens is 3. The minimum Gasteiger partial charge on any atom is -0.353 e. The van der Waals surface area contributed by atoms with E-state index in [-0.39, 0.29) is 58.9 Å². The lowest BCUT2D eigenvalue weighted by atomic mass is 9.79. The van der Waals surface area contributed by atoms with Crippen LogP contribution >= 0.6 is 23.2 Å². The predicted molar refractivity (Wildman–Crippen MR) is 206 cm³/mol. The molecule has 6 atom stereocenters. The van der Waals surface area contributed by atoms with Gasteiger partial charge in [-0.1, -0.05) is 35.3 Å². The van der Waals surface area contributed by atoms with Crippen LogP contribution in [-0.2, 0) is 11.2 Å². The highest BCUT2D eigenvalue weighted by molar-refractivity contribution is 6.43. The van der Waals surface area contributed by atoms with Crippen molar-refractivity contribution in [1.29, 1.82) is 10.5 Å². The van der Waals surface area contributed by atoms with E-state index in [4.69, 9.17) is 28.2 Å². The number of aryl methyl sites for hydroxylation is 2. The number of anilines is 1. The standard InChI is InChI=1S/C42H37Cl2FN8O/c1-21-29-16-33(39-26-13-27(52(39)42(54)22-9-10-22)20-51(19-26)41-24(17-47)6-4-12-48-41)53(38-25-15-32(38)49-18-25)40(29)30-14-23(5-3-11-46)34(36(45)37(30)50-21)28-7-2-8-31(43)35(28)44/h2,4,6-8,12,14,16,22,25-27,32,38-39,49H,3,5,9-10,13,15,18-20H2,1H3/t25-,26+,27-,32-,38+,39-/m1/s1. The number of benzene rings is 2. The molecular weight excluding hydrogens is 722 g/mol. The van der Waals surface area contributed by atoms with Gasteiger partial charge in [0.2, 0.25) is 5.91 Å². The molecule has 6 fully saturated rings. The van der Waals surface area contributed by atoms with Gasteiger partial charge in [-0.05, 0) is 80.8 Å². The molecule has 272 valence electrons. The molecule has 1 N–H and O–H groups in total. The summed E-state index contributed by atoms with van der Waals surface area (Å²) >= 11 is 13.2. The minimum absolute atomic E-state index is 0.0296. The van der Waals surface area contributed by atoms with Gasteiger partial charge in [0.1, 0.15) is 17.4 Å². The Balaban J connectivity index is 1.21. The second kappa shape index (κ2) is 12.7. The van der Waals surface area contributed by atoms with Crippen molar-refractivity contribution in [3.05, 3.63) is 87.0 Å². The molecule has 54 heavy (non-hydrogen) atoms. The van der Waals surface area contributed by atoms with E-state index in [0.29, 0.717) is 69.6 Å². The maximum absolute atomic E-state index is 17.3. The fourth-order valence-electron chi connectivity index (χ4n) is 10.2. The molecule has 2 aliphatic carbocycles. The summed E-state index contributed by atoms with van der Waals surface area (Å²) in [6.07, 6.45) is 5.98. The molecule has 6 aliphatic rings. The Morgan fingerprint density at radius 3 is 2.67 bits per heavy atom. The molecule has 4 bridgehead atoms. The summed E-state index contributed by atoms with van der Waals surface area (Å²) < 4.78 is 19.8. The van der Waals surface area contributed by atoms with Crippen LogP contribution in [0.15, 0.2) is 48.7 Å². The van der Waals surface area contributed by atoms with E-state index in [1.54, 1.807) is 36.5 Å². The summed E-state index contributed by atoms with van der Waals surface area (Å²) in [5.41, 5.74) is 4.93. The second-order valence-corrected chi connectivity index (χ2v) is 16.6. The Labute approximate surface area is 322 Å². The smallest absolute Gasteiger partial charge is 0.226 e. The van der Waals surface area contributed by atoms with Crippen molar-refractivity contribution >= 4 is 56.7 Å². The van der Waals surface area contributed by atoms with Crippen LogP contribution in [0, 0.1) is 53.2 Å². The topological polar surface area (TPSA) is 114 Å². The van der Waals surface area contributed by atoms with E-state index in [9.17, 15) is 15.3 Å². The quantitative estimate of drug-likeness (QED) is 0.179. The first kappa shape index (κ1) is 33.8. The van der Waals surface area contributed by atoms with Crippen molar-refractivity contribution in [2.24, 2.45) is 17.8 Å². The molecule has 2 saturated carbocycles. The van der Waals surface area contributed by atoms with Crippen LogP contribution in [0.1, 0.15) is 66.7 Å². The summed E-state index contributed by atoms with van der Waals surface area (Å²) in [4.78, 5) is 28.4. The molecular formula is C42H37Cl2FN8O. The van der Waals surface area contributed by atoms with E-state index < -0.39 is 5.82 Å². The monoisotopic (exact) mass is 758 g/mol. The van der Waals surface area contributed by atoms with Gasteiger partial charge in [0.25, 0.3) is 0 Å². The number of nitrogens with one attached hydrogen (secondary N) is 1. The van der Waals surface area contributed by atoms with Crippen LogP contribution in [0.25, 0.3) is 32.9 Å². The highest BCUT2D eigenvalue weighted by Crippen LogP contribution is 2.54. The Morgan fingerprint density at radius 2 is 1.93 bits per heavy atom. The SMILES string of the molecule is Cc1nc2c(F)c(-c3cccc(Cl)c3Cl)c(CCC#N)cc2c2c1cc([C@H]1[C@H]3C[C@H](CN(c4ncccc4C#N)C3)N1C(=O)C1CC1)n2[C@H]1[C@H]2CN[C@@H]1C2. The molecule has 3 aromatic heterocycles. The number of likely N-dealkylation sites (tertiary alicyclic amines) is 1. The molecule has 9 nitrogen and oxygen atoms in total. The zero-order chi connectivity index (χ0) is 37.0. The molecule has 4 saturated heterocycles. The number of hydrogen-bond acceptors (Lipinski definition) is 7. The molecule has 2 aromatic carbocycles. The average Bonchev–Trinajstić information content (AvgIpc) is 3.46. The van der Waals surface area contributed by atoms with E-state index in [2.05, 4.69) is 42.9 Å². The van der Waals surface area contributed by atoms with Gasteiger partial charge in [0.05, 0.1) is 45.3 Å². The van der Waals surface area contributed by atoms with Crippen LogP contribution in [0.2, 0.25) is 10.0 Å². The summed E-state index contributed by atoms with van der Waals surface area (Å²) in [6, 6.07) is 17.7. The Bertz CT molecular complexity index is 2490. The van der Waals surface area contributed by atoms with E-state index in [0.717, 1.165) is 48.8 Å². The molecule has 5 aromatic rings. The van der Waals surface area contributed by atoms with Gasteiger partial charge in [-0.3, -0.25) is 4.79 Å². The van der Waals surface area contributed by atoms with Gasteiger partial charge in [0.15, 0.2) is 5.82 Å². The highest BCUT2D eigenvalue weighted by Gasteiger charge is 2.55. The third-order valence-electron chi connectivity index (χ3n) is 12.7. The van der Waals surface area contributed by atoms with Gasteiger partial charge in [-0.2, -0.15) is 10.5 Å². The highest BCUT2D eigenvalue weighted by atomic mass is 35.5. The predicted octanol–water partition coefficient (Wildman–Crippen LogP) is 8.05. The number of amides is 1. The van der Waals surface area contributed by atoms with Gasteiger partial charge in [0, 0.05) is 83.4 Å². The molecule has 12 heteroatoms. The molecule has 0 unspecified atom stereocenters. The number of nitrogens with zero attached hydrogens (tertiary/aromatic N) is 7. The molecule has 1 amide bonds. The van der Waals surface area contributed by atoms with Crippen molar-refractivity contribution < 1.29 is 9.18 Å². The minimum atomic E-state index is -0.486. The maximum atomic E-state index is 17.3. The molecule has 0 spiro atoms. The Morgan fingerprint density at radius 1 is 1.07 bits per heavy atom. The van der Waals surface area contributed by atoms with Crippen LogP contribution < -0.4 is 10.2 Å². The van der Waals surface area contributed by atoms with Crippen LogP contribution in [0.3, 0.4) is 0 Å². The van der Waals surface area contributed by atoms with Gasteiger partial charge in [-0.25, -0.2) is 14.4 Å². The maximum Gasteiger partial charge on any atom is 0.226 e. The fourth-order valence-corrected chi connectivity index (χ4v) is 10.6. The number of hydrogen-bond donors (Lipinski definition) is 1. The van der Waals surface area contributed by atoms with Gasteiger partial charge in [-0.15, -0.1) is 0 Å². The number of fused-ring (bicyclic) bond motifs is 6. The first-order chi connectivity index (χ1) is 26.3. The van der Waals surface area contributed by atoms with Gasteiger partial charge >= 0.3 is 0 Å². The zero-order valence-electron chi connectivity index (χ0n) is 29.7. The number of carbonyl (C=O) groups excluding carboxylic acids is 1. The molecule has 0 radical (unpaired) electrons. The number of nitriles is 2.